The highest BCUT2D eigenvalue weighted by Crippen LogP contribution is 2.56. The fourth-order valence-electron chi connectivity index (χ4n) is 6.48. The summed E-state index contributed by atoms with van der Waals surface area (Å²) < 4.78 is 17.7. The number of cyclic esters (lactones) is 1. The van der Waals surface area contributed by atoms with Crippen LogP contribution in [0.15, 0.2) is 24.3 Å². The Bertz CT molecular complexity index is 932. The molecule has 0 aromatic heterocycles. The zero-order chi connectivity index (χ0) is 25.3. The van der Waals surface area contributed by atoms with Crippen LogP contribution in [0, 0.1) is 11.8 Å². The molecule has 0 aliphatic carbocycles. The number of allylic oxidation sites excluding steroid dienone is 1. The largest absolute Gasteiger partial charge is 0.465 e. The van der Waals surface area contributed by atoms with Crippen LogP contribution in [-0.2, 0) is 28.6 Å². The van der Waals surface area contributed by atoms with Crippen LogP contribution in [0.5, 0.6) is 0 Å². The van der Waals surface area contributed by atoms with E-state index in [1.54, 1.807) is 4.90 Å². The summed E-state index contributed by atoms with van der Waals surface area (Å²) >= 11 is 0. The molecule has 0 saturated carbocycles. The number of rotatable bonds is 5. The summed E-state index contributed by atoms with van der Waals surface area (Å²) in [5, 5.41) is 9.78. The molecule has 5 aliphatic rings. The number of aliphatic hydroxyl groups is 1. The maximum absolute atomic E-state index is 14.1. The molecule has 5 heterocycles. The van der Waals surface area contributed by atoms with Crippen LogP contribution in [0.2, 0.25) is 0 Å². The third-order valence-corrected chi connectivity index (χ3v) is 8.21. The normalized spacial score (nSPS) is 38.3. The number of hydrogen-bond acceptors (Lipinski definition) is 8. The molecule has 0 radical (unpaired) electrons. The number of nitrogens with zero attached hydrogens (tertiary/aromatic N) is 3. The smallest absolute Gasteiger partial charge is 0.313 e. The van der Waals surface area contributed by atoms with Crippen molar-refractivity contribution >= 4 is 17.8 Å². The Morgan fingerprint density at radius 1 is 0.972 bits per heavy atom. The molecule has 3 saturated heterocycles. The summed E-state index contributed by atoms with van der Waals surface area (Å²) in [6.07, 6.45) is 10.0. The number of carbonyl (C=O) groups excluding carboxylic acids is 3. The van der Waals surface area contributed by atoms with Crippen LogP contribution in [0.4, 0.5) is 0 Å². The van der Waals surface area contributed by atoms with Gasteiger partial charge in [-0.3, -0.25) is 19.3 Å². The quantitative estimate of drug-likeness (QED) is 0.412. The molecule has 10 nitrogen and oxygen atoms in total. The fourth-order valence-corrected chi connectivity index (χ4v) is 6.48. The Morgan fingerprint density at radius 2 is 1.78 bits per heavy atom. The van der Waals surface area contributed by atoms with Crippen LogP contribution in [0.25, 0.3) is 0 Å². The third kappa shape index (κ3) is 4.27. The van der Waals surface area contributed by atoms with Gasteiger partial charge in [-0.25, -0.2) is 0 Å². The van der Waals surface area contributed by atoms with Crippen molar-refractivity contribution in [3.05, 3.63) is 24.3 Å². The number of carbonyl (C=O) groups is 3. The lowest BCUT2D eigenvalue weighted by atomic mass is 9.74. The second-order valence-electron chi connectivity index (χ2n) is 10.5. The number of aliphatic hydroxyl groups excluding tert-OH is 1. The molecule has 1 N–H and O–H groups in total. The number of amides is 2. The standard InChI is InChI=1S/C26H37N3O7/c1-25-7-4-2-3-5-16-35-24(33)20(25)19-22(31)29(12-15-30)21-23(32)28(9-6-8-26(19,21)36-25)11-10-27-13-17-34-18-14-27/h4,6-8,19-21,30H,2-3,5,9-18H2,1H3/b7-4-/t19-,20-,21?,25+,26-/m0/s1. The van der Waals surface area contributed by atoms with Gasteiger partial charge in [0.25, 0.3) is 0 Å². The highest BCUT2D eigenvalue weighted by Gasteiger charge is 2.74. The first-order valence-corrected chi connectivity index (χ1v) is 13.1. The summed E-state index contributed by atoms with van der Waals surface area (Å²) in [6.45, 7) is 6.40. The molecule has 0 aromatic carbocycles. The van der Waals surface area contributed by atoms with E-state index in [-0.39, 0.29) is 25.0 Å². The third-order valence-electron chi connectivity index (χ3n) is 8.21. The van der Waals surface area contributed by atoms with Crippen molar-refractivity contribution < 1.29 is 33.7 Å². The van der Waals surface area contributed by atoms with Crippen LogP contribution >= 0.6 is 0 Å². The van der Waals surface area contributed by atoms with Crippen LogP contribution in [0.3, 0.4) is 0 Å². The molecule has 0 aromatic rings. The molecule has 10 heteroatoms. The first-order valence-electron chi connectivity index (χ1n) is 13.1. The Hall–Kier alpha value is -2.27. The maximum atomic E-state index is 14.1. The number of morpholine rings is 1. The number of β-amino-alcohol motifs (C(OH)–C–C–N with tert-alkyl or cyclic N) is 1. The van der Waals surface area contributed by atoms with Gasteiger partial charge in [0, 0.05) is 39.3 Å². The molecule has 1 spiro atoms. The van der Waals surface area contributed by atoms with Gasteiger partial charge in [0.1, 0.15) is 17.6 Å². The molecule has 3 fully saturated rings. The Kier molecular flexibility index (Phi) is 7.22. The van der Waals surface area contributed by atoms with E-state index >= 15 is 0 Å². The van der Waals surface area contributed by atoms with Crippen molar-refractivity contribution in [1.82, 2.24) is 14.7 Å². The van der Waals surface area contributed by atoms with Crippen molar-refractivity contribution in [3.63, 3.8) is 0 Å². The second kappa shape index (κ2) is 10.2. The molecule has 1 unspecified atom stereocenters. The molecular weight excluding hydrogens is 466 g/mol. The minimum Gasteiger partial charge on any atom is -0.465 e. The monoisotopic (exact) mass is 503 g/mol. The SMILES string of the molecule is C[C@@]12/C=C\CCCCOC(=O)[C@@H]1[C@H]1C(=O)N(CCO)C3C(=O)N(CCN4CCOCC4)CC=C[C@@]31O2. The Labute approximate surface area is 211 Å². The summed E-state index contributed by atoms with van der Waals surface area (Å²) in [4.78, 5) is 46.7. The Morgan fingerprint density at radius 3 is 2.56 bits per heavy atom. The van der Waals surface area contributed by atoms with Gasteiger partial charge in [0.2, 0.25) is 11.8 Å². The zero-order valence-electron chi connectivity index (χ0n) is 21.0. The first kappa shape index (κ1) is 25.4. The van der Waals surface area contributed by atoms with Gasteiger partial charge in [0.05, 0.1) is 37.9 Å². The van der Waals surface area contributed by atoms with Crippen molar-refractivity contribution in [2.75, 3.05) is 65.7 Å². The molecule has 5 rings (SSSR count). The molecular formula is C26H37N3O7. The van der Waals surface area contributed by atoms with Gasteiger partial charge >= 0.3 is 5.97 Å². The van der Waals surface area contributed by atoms with E-state index in [1.807, 2.05) is 31.2 Å². The summed E-state index contributed by atoms with van der Waals surface area (Å²) in [5.41, 5.74) is -2.40. The van der Waals surface area contributed by atoms with Gasteiger partial charge < -0.3 is 29.1 Å². The average Bonchev–Trinajstić information content (AvgIpc) is 3.19. The van der Waals surface area contributed by atoms with Crippen molar-refractivity contribution in [2.24, 2.45) is 11.8 Å². The van der Waals surface area contributed by atoms with Crippen molar-refractivity contribution in [1.29, 1.82) is 0 Å². The van der Waals surface area contributed by atoms with E-state index in [4.69, 9.17) is 14.2 Å². The van der Waals surface area contributed by atoms with E-state index in [9.17, 15) is 19.5 Å². The topological polar surface area (TPSA) is 109 Å². The molecule has 36 heavy (non-hydrogen) atoms. The van der Waals surface area contributed by atoms with Gasteiger partial charge in [-0.05, 0) is 26.2 Å². The molecule has 2 amide bonds. The summed E-state index contributed by atoms with van der Waals surface area (Å²) in [5.74, 6) is -2.84. The number of esters is 1. The lowest BCUT2D eigenvalue weighted by Gasteiger charge is -2.38. The highest BCUT2D eigenvalue weighted by atomic mass is 16.6. The molecule has 5 atom stereocenters. The van der Waals surface area contributed by atoms with Gasteiger partial charge in [-0.1, -0.05) is 24.3 Å². The predicted octanol–water partition coefficient (Wildman–Crippen LogP) is -0.0365. The lowest BCUT2D eigenvalue weighted by molar-refractivity contribution is -0.160. The molecule has 198 valence electrons. The Balaban J connectivity index is 1.49. The predicted molar refractivity (Wildman–Crippen MR) is 129 cm³/mol. The minimum atomic E-state index is -1.31. The van der Waals surface area contributed by atoms with Crippen LogP contribution < -0.4 is 0 Å². The van der Waals surface area contributed by atoms with Gasteiger partial charge in [0.15, 0.2) is 0 Å². The average molecular weight is 504 g/mol. The van der Waals surface area contributed by atoms with E-state index in [0.29, 0.717) is 39.5 Å². The molecule has 5 aliphatic heterocycles. The van der Waals surface area contributed by atoms with Crippen molar-refractivity contribution in [3.8, 4) is 0 Å². The maximum Gasteiger partial charge on any atom is 0.313 e. The lowest BCUT2D eigenvalue weighted by Crippen LogP contribution is -2.57. The molecule has 0 bridgehead atoms. The second-order valence-corrected chi connectivity index (χ2v) is 10.5. The fraction of sp³-hybridized carbons (Fsp3) is 0.731. The van der Waals surface area contributed by atoms with Crippen molar-refractivity contribution in [2.45, 2.75) is 43.4 Å². The van der Waals surface area contributed by atoms with Crippen LogP contribution in [-0.4, -0.2) is 121 Å². The van der Waals surface area contributed by atoms with E-state index in [0.717, 1.165) is 32.4 Å². The number of hydrogen-bond donors (Lipinski definition) is 1. The number of likely N-dealkylation sites (tertiary alicyclic amines) is 1. The zero-order valence-corrected chi connectivity index (χ0v) is 21.0. The highest BCUT2D eigenvalue weighted by molar-refractivity contribution is 5.99. The van der Waals surface area contributed by atoms with E-state index in [2.05, 4.69) is 4.90 Å². The van der Waals surface area contributed by atoms with Gasteiger partial charge in [-0.2, -0.15) is 0 Å². The number of ether oxygens (including phenoxy) is 3. The minimum absolute atomic E-state index is 0.00366. The summed E-state index contributed by atoms with van der Waals surface area (Å²) in [7, 11) is 0. The van der Waals surface area contributed by atoms with Crippen LogP contribution in [0.1, 0.15) is 26.2 Å². The van der Waals surface area contributed by atoms with E-state index in [1.165, 1.54) is 4.90 Å². The first-order chi connectivity index (χ1) is 17.4. The van der Waals surface area contributed by atoms with E-state index < -0.39 is 35.0 Å². The number of fused-ring (bicyclic) bond motifs is 2. The van der Waals surface area contributed by atoms with Gasteiger partial charge in [-0.15, -0.1) is 0 Å². The summed E-state index contributed by atoms with van der Waals surface area (Å²) in [6, 6.07) is -0.957.